The Bertz CT molecular complexity index is 873. The Morgan fingerprint density at radius 1 is 1.30 bits per heavy atom. The first-order valence-electron chi connectivity index (χ1n) is 7.65. The van der Waals surface area contributed by atoms with Crippen LogP contribution in [0, 0.1) is 5.41 Å². The van der Waals surface area contributed by atoms with E-state index in [1.807, 2.05) is 18.3 Å². The van der Waals surface area contributed by atoms with Crippen LogP contribution in [-0.4, -0.2) is 24.3 Å². The predicted octanol–water partition coefficient (Wildman–Crippen LogP) is 2.55. The Kier molecular flexibility index (Phi) is 3.75. The Morgan fingerprint density at radius 3 is 2.74 bits per heavy atom. The smallest absolute Gasteiger partial charge is 0.282 e. The van der Waals surface area contributed by atoms with E-state index in [4.69, 9.17) is 0 Å². The summed E-state index contributed by atoms with van der Waals surface area (Å²) in [6, 6.07) is 3.77. The molecule has 3 aromatic heterocycles. The highest BCUT2D eigenvalue weighted by atomic mass is 16.1. The molecule has 1 atom stereocenters. The third kappa shape index (κ3) is 3.16. The van der Waals surface area contributed by atoms with E-state index < -0.39 is 0 Å². The van der Waals surface area contributed by atoms with Crippen molar-refractivity contribution in [1.82, 2.24) is 24.3 Å². The van der Waals surface area contributed by atoms with Gasteiger partial charge in [0.05, 0.1) is 18.6 Å². The van der Waals surface area contributed by atoms with Gasteiger partial charge in [0.2, 0.25) is 0 Å². The zero-order valence-electron chi connectivity index (χ0n) is 13.9. The lowest BCUT2D eigenvalue weighted by atomic mass is 9.85. The molecule has 0 aromatic carbocycles. The van der Waals surface area contributed by atoms with Crippen molar-refractivity contribution in [3.05, 3.63) is 53.0 Å². The second kappa shape index (κ2) is 5.61. The van der Waals surface area contributed by atoms with E-state index in [1.165, 1.54) is 0 Å². The summed E-state index contributed by atoms with van der Waals surface area (Å²) in [5.41, 5.74) is 1.96. The number of aryl methyl sites for hydroxylation is 1. The van der Waals surface area contributed by atoms with E-state index in [0.717, 1.165) is 12.0 Å². The molecule has 0 saturated heterocycles. The van der Waals surface area contributed by atoms with Gasteiger partial charge < -0.3 is 0 Å². The summed E-state index contributed by atoms with van der Waals surface area (Å²) in [4.78, 5) is 21.5. The van der Waals surface area contributed by atoms with Gasteiger partial charge in [0.1, 0.15) is 5.52 Å². The SMILES string of the molecule is Cn1cc2ncn(C(CC(C)(C)C)c3cccnc3)c(=O)c2n1. The summed E-state index contributed by atoms with van der Waals surface area (Å²) in [6.07, 6.45) is 7.73. The number of fused-ring (bicyclic) bond motifs is 1. The van der Waals surface area contributed by atoms with Crippen molar-refractivity contribution in [1.29, 1.82) is 0 Å². The number of pyridine rings is 1. The average molecular weight is 311 g/mol. The summed E-state index contributed by atoms with van der Waals surface area (Å²) >= 11 is 0. The molecule has 120 valence electrons. The molecular weight excluding hydrogens is 290 g/mol. The predicted molar refractivity (Wildman–Crippen MR) is 89.2 cm³/mol. The number of aromatic nitrogens is 5. The fourth-order valence-corrected chi connectivity index (χ4v) is 2.77. The lowest BCUT2D eigenvalue weighted by molar-refractivity contribution is 0.314. The molecular formula is C17H21N5O. The lowest BCUT2D eigenvalue weighted by Gasteiger charge is -2.27. The monoisotopic (exact) mass is 311 g/mol. The van der Waals surface area contributed by atoms with Crippen molar-refractivity contribution < 1.29 is 0 Å². The first kappa shape index (κ1) is 15.4. The minimum Gasteiger partial charge on any atom is -0.290 e. The van der Waals surface area contributed by atoms with Gasteiger partial charge in [0, 0.05) is 19.4 Å². The summed E-state index contributed by atoms with van der Waals surface area (Å²) in [5, 5.41) is 4.25. The van der Waals surface area contributed by atoms with Crippen LogP contribution in [0.1, 0.15) is 38.8 Å². The van der Waals surface area contributed by atoms with Gasteiger partial charge in [-0.2, -0.15) is 5.10 Å². The van der Waals surface area contributed by atoms with Crippen molar-refractivity contribution in [2.24, 2.45) is 12.5 Å². The number of hydrogen-bond acceptors (Lipinski definition) is 4. The molecule has 0 aliphatic carbocycles. The Hall–Kier alpha value is -2.50. The van der Waals surface area contributed by atoms with Crippen LogP contribution in [0.15, 0.2) is 41.8 Å². The molecule has 1 unspecified atom stereocenters. The normalized spacial score (nSPS) is 13.4. The highest BCUT2D eigenvalue weighted by molar-refractivity contribution is 5.71. The number of hydrogen-bond donors (Lipinski definition) is 0. The fraction of sp³-hybridized carbons (Fsp3) is 0.412. The van der Waals surface area contributed by atoms with E-state index in [0.29, 0.717) is 11.0 Å². The van der Waals surface area contributed by atoms with Crippen LogP contribution in [0.25, 0.3) is 11.0 Å². The number of rotatable bonds is 3. The van der Waals surface area contributed by atoms with Crippen molar-refractivity contribution in [2.45, 2.75) is 33.2 Å². The third-order valence-electron chi connectivity index (χ3n) is 3.78. The van der Waals surface area contributed by atoms with E-state index in [1.54, 1.807) is 35.0 Å². The van der Waals surface area contributed by atoms with Gasteiger partial charge in [0.25, 0.3) is 5.56 Å². The van der Waals surface area contributed by atoms with Gasteiger partial charge in [-0.25, -0.2) is 4.98 Å². The first-order chi connectivity index (χ1) is 10.8. The van der Waals surface area contributed by atoms with Crippen molar-refractivity contribution >= 4 is 11.0 Å². The van der Waals surface area contributed by atoms with E-state index in [9.17, 15) is 4.79 Å². The third-order valence-corrected chi connectivity index (χ3v) is 3.78. The van der Waals surface area contributed by atoms with Crippen LogP contribution in [0.5, 0.6) is 0 Å². The highest BCUT2D eigenvalue weighted by Gasteiger charge is 2.24. The Balaban J connectivity index is 2.17. The quantitative estimate of drug-likeness (QED) is 0.745. The molecule has 0 radical (unpaired) electrons. The average Bonchev–Trinajstić information content (AvgIpc) is 2.87. The molecule has 0 saturated carbocycles. The second-order valence-corrected chi connectivity index (χ2v) is 7.06. The molecule has 0 aliphatic rings. The summed E-state index contributed by atoms with van der Waals surface area (Å²) < 4.78 is 3.30. The number of nitrogens with zero attached hydrogens (tertiary/aromatic N) is 5. The molecule has 0 amide bonds. The summed E-state index contributed by atoms with van der Waals surface area (Å²) in [7, 11) is 1.79. The molecule has 6 nitrogen and oxygen atoms in total. The maximum Gasteiger partial charge on any atom is 0.282 e. The zero-order chi connectivity index (χ0) is 16.6. The Morgan fingerprint density at radius 2 is 2.09 bits per heavy atom. The fourth-order valence-electron chi connectivity index (χ4n) is 2.77. The standard InChI is InChI=1S/C17H21N5O/c1-17(2,3)8-14(12-6-5-7-18-9-12)22-11-19-13-10-21(4)20-15(13)16(22)23/h5-7,9-11,14H,8H2,1-4H3. The maximum atomic E-state index is 12.9. The molecule has 0 fully saturated rings. The Labute approximate surface area is 134 Å². The van der Waals surface area contributed by atoms with E-state index in [2.05, 4.69) is 35.8 Å². The highest BCUT2D eigenvalue weighted by Crippen LogP contribution is 2.31. The molecule has 23 heavy (non-hydrogen) atoms. The molecule has 0 spiro atoms. The van der Waals surface area contributed by atoms with Gasteiger partial charge >= 0.3 is 0 Å². The molecule has 3 heterocycles. The van der Waals surface area contributed by atoms with E-state index >= 15 is 0 Å². The summed E-state index contributed by atoms with van der Waals surface area (Å²) in [5.74, 6) is 0. The van der Waals surface area contributed by atoms with Gasteiger partial charge in [-0.05, 0) is 23.5 Å². The largest absolute Gasteiger partial charge is 0.290 e. The minimum absolute atomic E-state index is 0.0546. The van der Waals surface area contributed by atoms with Crippen LogP contribution in [-0.2, 0) is 7.05 Å². The minimum atomic E-state index is -0.117. The zero-order valence-corrected chi connectivity index (χ0v) is 13.9. The molecule has 0 N–H and O–H groups in total. The lowest BCUT2D eigenvalue weighted by Crippen LogP contribution is -2.29. The van der Waals surface area contributed by atoms with Gasteiger partial charge in [-0.3, -0.25) is 19.0 Å². The van der Waals surface area contributed by atoms with Crippen LogP contribution in [0.3, 0.4) is 0 Å². The van der Waals surface area contributed by atoms with Crippen molar-refractivity contribution in [3.8, 4) is 0 Å². The first-order valence-corrected chi connectivity index (χ1v) is 7.65. The van der Waals surface area contributed by atoms with Crippen LogP contribution >= 0.6 is 0 Å². The van der Waals surface area contributed by atoms with Crippen molar-refractivity contribution in [2.75, 3.05) is 0 Å². The molecule has 0 bridgehead atoms. The molecule has 3 aromatic rings. The van der Waals surface area contributed by atoms with Gasteiger partial charge in [0.15, 0.2) is 5.52 Å². The van der Waals surface area contributed by atoms with Gasteiger partial charge in [-0.15, -0.1) is 0 Å². The molecule has 3 rings (SSSR count). The van der Waals surface area contributed by atoms with Crippen LogP contribution < -0.4 is 5.56 Å². The van der Waals surface area contributed by atoms with Crippen LogP contribution in [0.2, 0.25) is 0 Å². The topological polar surface area (TPSA) is 65.6 Å². The second-order valence-electron chi connectivity index (χ2n) is 7.06. The molecule has 6 heteroatoms. The molecule has 0 aliphatic heterocycles. The maximum absolute atomic E-state index is 12.9. The van der Waals surface area contributed by atoms with E-state index in [-0.39, 0.29) is 17.0 Å². The van der Waals surface area contributed by atoms with Gasteiger partial charge in [-0.1, -0.05) is 26.8 Å². The van der Waals surface area contributed by atoms with Crippen molar-refractivity contribution in [3.63, 3.8) is 0 Å². The van der Waals surface area contributed by atoms with Crippen LogP contribution in [0.4, 0.5) is 0 Å². The summed E-state index contributed by atoms with van der Waals surface area (Å²) in [6.45, 7) is 6.48.